The molecule has 3 heterocycles. The quantitative estimate of drug-likeness (QED) is 0.869. The number of nitrogens with one attached hydrogen (secondary N) is 1. The van der Waals surface area contributed by atoms with Gasteiger partial charge in [0, 0.05) is 38.3 Å². The highest BCUT2D eigenvalue weighted by molar-refractivity contribution is 5.35. The van der Waals surface area contributed by atoms with E-state index in [2.05, 4.69) is 40.8 Å². The lowest BCUT2D eigenvalue weighted by atomic mass is 10.1. The van der Waals surface area contributed by atoms with Crippen molar-refractivity contribution in [1.82, 2.24) is 14.9 Å². The topological polar surface area (TPSA) is 70.7 Å². The van der Waals surface area contributed by atoms with Gasteiger partial charge in [-0.3, -0.25) is 14.7 Å². The third kappa shape index (κ3) is 4.05. The number of rotatable bonds is 4. The summed E-state index contributed by atoms with van der Waals surface area (Å²) in [4.78, 5) is 24.9. The molecule has 7 nitrogen and oxygen atoms in total. The summed E-state index contributed by atoms with van der Waals surface area (Å²) in [6, 6.07) is 8.12. The monoisotopic (exact) mass is 384 g/mol. The molecular formula is C21H28N4O3. The Labute approximate surface area is 165 Å². The van der Waals surface area contributed by atoms with E-state index in [9.17, 15) is 4.79 Å². The molecule has 0 radical (unpaired) electrons. The number of aromatic amines is 1. The second kappa shape index (κ2) is 7.93. The Hall–Kier alpha value is -2.38. The summed E-state index contributed by atoms with van der Waals surface area (Å²) in [7, 11) is 1.68. The SMILES string of the molecule is COc1cccc(CN2CCc3c(nc(N4C[C@@H](C)O[C@H](C)C4)[nH]c3=O)C2)c1. The molecule has 4 rings (SSSR count). The summed E-state index contributed by atoms with van der Waals surface area (Å²) >= 11 is 0. The second-order valence-corrected chi connectivity index (χ2v) is 7.79. The van der Waals surface area contributed by atoms with Gasteiger partial charge in [0.25, 0.3) is 5.56 Å². The van der Waals surface area contributed by atoms with Crippen LogP contribution in [0.5, 0.6) is 5.75 Å². The van der Waals surface area contributed by atoms with E-state index >= 15 is 0 Å². The molecule has 2 atom stereocenters. The molecule has 150 valence electrons. The molecule has 0 amide bonds. The standard InChI is InChI=1S/C21H28N4O3/c1-14-10-25(11-15(2)28-14)21-22-19-13-24(8-7-18(19)20(26)23-21)12-16-5-4-6-17(9-16)27-3/h4-6,9,14-15H,7-8,10-13H2,1-3H3,(H,22,23,26)/t14-,15-/m1/s1. The Balaban J connectivity index is 1.54. The van der Waals surface area contributed by atoms with Gasteiger partial charge >= 0.3 is 0 Å². The predicted octanol–water partition coefficient (Wildman–Crippen LogP) is 1.95. The van der Waals surface area contributed by atoms with E-state index in [1.807, 2.05) is 12.1 Å². The number of methoxy groups -OCH3 is 1. The van der Waals surface area contributed by atoms with Crippen molar-refractivity contribution in [3.8, 4) is 5.75 Å². The van der Waals surface area contributed by atoms with Crippen molar-refractivity contribution in [2.75, 3.05) is 31.6 Å². The van der Waals surface area contributed by atoms with Crippen molar-refractivity contribution in [3.05, 3.63) is 51.4 Å². The number of ether oxygens (including phenoxy) is 2. The van der Waals surface area contributed by atoms with Crippen molar-refractivity contribution < 1.29 is 9.47 Å². The van der Waals surface area contributed by atoms with Crippen molar-refractivity contribution >= 4 is 5.95 Å². The van der Waals surface area contributed by atoms with Crippen LogP contribution in [0.15, 0.2) is 29.1 Å². The normalized spacial score (nSPS) is 22.8. The zero-order chi connectivity index (χ0) is 19.7. The zero-order valence-electron chi connectivity index (χ0n) is 16.8. The average Bonchev–Trinajstić information content (AvgIpc) is 2.67. The molecule has 1 aromatic heterocycles. The maximum atomic E-state index is 12.7. The largest absolute Gasteiger partial charge is 0.497 e. The molecule has 2 aromatic rings. The minimum Gasteiger partial charge on any atom is -0.497 e. The van der Waals surface area contributed by atoms with Crippen molar-refractivity contribution in [2.24, 2.45) is 0 Å². The molecule has 2 aliphatic heterocycles. The number of hydrogen-bond acceptors (Lipinski definition) is 6. The van der Waals surface area contributed by atoms with Crippen LogP contribution in [0.3, 0.4) is 0 Å². The first-order chi connectivity index (χ1) is 13.5. The third-order valence-electron chi connectivity index (χ3n) is 5.40. The van der Waals surface area contributed by atoms with Crippen LogP contribution < -0.4 is 15.2 Å². The van der Waals surface area contributed by atoms with Gasteiger partial charge in [-0.15, -0.1) is 0 Å². The van der Waals surface area contributed by atoms with Gasteiger partial charge in [0.2, 0.25) is 5.95 Å². The van der Waals surface area contributed by atoms with E-state index in [1.165, 1.54) is 5.56 Å². The fourth-order valence-electron chi connectivity index (χ4n) is 4.15. The molecule has 28 heavy (non-hydrogen) atoms. The van der Waals surface area contributed by atoms with Crippen LogP contribution in [0.1, 0.15) is 30.7 Å². The van der Waals surface area contributed by atoms with E-state index in [-0.39, 0.29) is 17.8 Å². The van der Waals surface area contributed by atoms with Gasteiger partial charge in [-0.1, -0.05) is 12.1 Å². The molecule has 0 spiro atoms. The summed E-state index contributed by atoms with van der Waals surface area (Å²) in [6.07, 6.45) is 0.960. The first-order valence-electron chi connectivity index (χ1n) is 9.89. The molecule has 0 aliphatic carbocycles. The Morgan fingerprint density at radius 1 is 1.29 bits per heavy atom. The predicted molar refractivity (Wildman–Crippen MR) is 108 cm³/mol. The third-order valence-corrected chi connectivity index (χ3v) is 5.40. The van der Waals surface area contributed by atoms with Crippen molar-refractivity contribution in [3.63, 3.8) is 0 Å². The maximum Gasteiger partial charge on any atom is 0.255 e. The maximum absolute atomic E-state index is 12.7. The van der Waals surface area contributed by atoms with Crippen LogP contribution in [0.25, 0.3) is 0 Å². The minimum absolute atomic E-state index is 0.00664. The first-order valence-corrected chi connectivity index (χ1v) is 9.89. The van der Waals surface area contributed by atoms with Crippen LogP contribution >= 0.6 is 0 Å². The molecule has 0 unspecified atom stereocenters. The summed E-state index contributed by atoms with van der Waals surface area (Å²) in [5.41, 5.74) is 2.90. The van der Waals surface area contributed by atoms with E-state index < -0.39 is 0 Å². The summed E-state index contributed by atoms with van der Waals surface area (Å²) < 4.78 is 11.1. The van der Waals surface area contributed by atoms with E-state index in [0.717, 1.165) is 49.6 Å². The van der Waals surface area contributed by atoms with Crippen LogP contribution in [0.2, 0.25) is 0 Å². The molecule has 2 aliphatic rings. The molecule has 0 bridgehead atoms. The van der Waals surface area contributed by atoms with Crippen LogP contribution in [0, 0.1) is 0 Å². The molecule has 1 fully saturated rings. The van der Waals surface area contributed by atoms with Gasteiger partial charge < -0.3 is 14.4 Å². The fourth-order valence-corrected chi connectivity index (χ4v) is 4.15. The van der Waals surface area contributed by atoms with E-state index in [4.69, 9.17) is 14.5 Å². The fraction of sp³-hybridized carbons (Fsp3) is 0.524. The van der Waals surface area contributed by atoms with E-state index in [0.29, 0.717) is 12.5 Å². The Morgan fingerprint density at radius 2 is 2.07 bits per heavy atom. The lowest BCUT2D eigenvalue weighted by Crippen LogP contribution is -2.47. The number of hydrogen-bond donors (Lipinski definition) is 1. The molecule has 1 N–H and O–H groups in total. The van der Waals surface area contributed by atoms with Gasteiger partial charge in [-0.25, -0.2) is 4.98 Å². The van der Waals surface area contributed by atoms with Crippen molar-refractivity contribution in [1.29, 1.82) is 0 Å². The van der Waals surface area contributed by atoms with E-state index in [1.54, 1.807) is 7.11 Å². The lowest BCUT2D eigenvalue weighted by Gasteiger charge is -2.36. The number of nitrogens with zero attached hydrogens (tertiary/aromatic N) is 3. The molecule has 0 saturated carbocycles. The number of H-pyrrole nitrogens is 1. The number of aromatic nitrogens is 2. The van der Waals surface area contributed by atoms with Gasteiger partial charge in [0.05, 0.1) is 25.0 Å². The highest BCUT2D eigenvalue weighted by Gasteiger charge is 2.27. The van der Waals surface area contributed by atoms with Crippen LogP contribution in [0.4, 0.5) is 5.95 Å². The summed E-state index contributed by atoms with van der Waals surface area (Å²) in [6.45, 7) is 7.91. The van der Waals surface area contributed by atoms with Gasteiger partial charge in [0.1, 0.15) is 5.75 Å². The van der Waals surface area contributed by atoms with Crippen LogP contribution in [-0.4, -0.2) is 53.8 Å². The summed E-state index contributed by atoms with van der Waals surface area (Å²) in [5.74, 6) is 1.52. The number of anilines is 1. The van der Waals surface area contributed by atoms with Gasteiger partial charge in [0.15, 0.2) is 0 Å². The highest BCUT2D eigenvalue weighted by atomic mass is 16.5. The Morgan fingerprint density at radius 3 is 2.82 bits per heavy atom. The number of fused-ring (bicyclic) bond motifs is 1. The average molecular weight is 384 g/mol. The number of benzene rings is 1. The highest BCUT2D eigenvalue weighted by Crippen LogP contribution is 2.22. The molecule has 7 heteroatoms. The number of morpholine rings is 1. The summed E-state index contributed by atoms with van der Waals surface area (Å²) in [5, 5.41) is 0. The first kappa shape index (κ1) is 19.0. The van der Waals surface area contributed by atoms with Gasteiger partial charge in [-0.2, -0.15) is 0 Å². The Kier molecular flexibility index (Phi) is 5.37. The minimum atomic E-state index is -0.00664. The second-order valence-electron chi connectivity index (χ2n) is 7.79. The smallest absolute Gasteiger partial charge is 0.255 e. The molecule has 1 saturated heterocycles. The lowest BCUT2D eigenvalue weighted by molar-refractivity contribution is -0.00576. The Bertz CT molecular complexity index is 887. The zero-order valence-corrected chi connectivity index (χ0v) is 16.8. The van der Waals surface area contributed by atoms with Crippen LogP contribution in [-0.2, 0) is 24.2 Å². The molecule has 1 aromatic carbocycles. The molecular weight excluding hydrogens is 356 g/mol. The van der Waals surface area contributed by atoms with Gasteiger partial charge in [-0.05, 0) is 38.0 Å². The van der Waals surface area contributed by atoms with Crippen molar-refractivity contribution in [2.45, 2.75) is 45.6 Å².